The molecule has 0 aromatic heterocycles. The van der Waals surface area contributed by atoms with Gasteiger partial charge in [-0.2, -0.15) is 0 Å². The van der Waals surface area contributed by atoms with E-state index in [9.17, 15) is 9.59 Å². The minimum Gasteiger partial charge on any atom is -0.423 e. The van der Waals surface area contributed by atoms with Crippen molar-refractivity contribution in [2.24, 2.45) is 0 Å². The molecule has 0 bridgehead atoms. The summed E-state index contributed by atoms with van der Waals surface area (Å²) in [7, 11) is 0. The Morgan fingerprint density at radius 1 is 0.605 bits per heavy atom. The van der Waals surface area contributed by atoms with Gasteiger partial charge in [0.2, 0.25) is 0 Å². The van der Waals surface area contributed by atoms with E-state index in [1.165, 1.54) is 22.3 Å². The number of fused-ring (bicyclic) bond motifs is 2. The third kappa shape index (κ3) is 4.35. The lowest BCUT2D eigenvalue weighted by molar-refractivity contribution is -0.130. The van der Waals surface area contributed by atoms with Gasteiger partial charge in [-0.3, -0.25) is 0 Å². The minimum atomic E-state index is -0.640. The lowest BCUT2D eigenvalue weighted by atomic mass is 9.60. The summed E-state index contributed by atoms with van der Waals surface area (Å²) in [5, 5.41) is 0. The highest BCUT2D eigenvalue weighted by Crippen LogP contribution is 2.51. The van der Waals surface area contributed by atoms with Crippen LogP contribution in [0.3, 0.4) is 0 Å². The predicted octanol–water partition coefficient (Wildman–Crippen LogP) is 6.94. The molecule has 0 atom stereocenters. The molecule has 5 rings (SSSR count). The molecule has 0 saturated carbocycles. The van der Waals surface area contributed by atoms with Crippen LogP contribution in [0.2, 0.25) is 0 Å². The Bertz CT molecular complexity index is 1440. The maximum atomic E-state index is 12.1. The fraction of sp³-hybridized carbons (Fsp3) is 0.118. The van der Waals surface area contributed by atoms with Gasteiger partial charge in [-0.1, -0.05) is 86.0 Å². The SMILES string of the molecule is C=C(C)C(=O)Oc1ccc(C2(c3ccc(OC(=O)C(=C)C)cc3)c3ccccc3Cc3ccccc32)cc1. The van der Waals surface area contributed by atoms with Crippen molar-refractivity contribution in [3.63, 3.8) is 0 Å². The molecule has 0 aliphatic heterocycles. The molecular formula is C34H28O4. The summed E-state index contributed by atoms with van der Waals surface area (Å²) in [6.45, 7) is 10.6. The summed E-state index contributed by atoms with van der Waals surface area (Å²) in [6, 6.07) is 32.3. The number of hydrogen-bond donors (Lipinski definition) is 0. The number of carbonyl (C=O) groups is 2. The minimum absolute atomic E-state index is 0.341. The highest BCUT2D eigenvalue weighted by atomic mass is 16.5. The van der Waals surface area contributed by atoms with Crippen LogP contribution >= 0.6 is 0 Å². The van der Waals surface area contributed by atoms with Crippen LogP contribution in [0.25, 0.3) is 0 Å². The van der Waals surface area contributed by atoms with E-state index in [-0.39, 0.29) is 0 Å². The van der Waals surface area contributed by atoms with E-state index in [1.807, 2.05) is 48.5 Å². The molecule has 188 valence electrons. The third-order valence-electron chi connectivity index (χ3n) is 6.92. The van der Waals surface area contributed by atoms with Crippen LogP contribution < -0.4 is 9.47 Å². The van der Waals surface area contributed by atoms with Gasteiger partial charge in [-0.15, -0.1) is 0 Å². The fourth-order valence-electron chi connectivity index (χ4n) is 5.15. The number of esters is 2. The van der Waals surface area contributed by atoms with Crippen molar-refractivity contribution >= 4 is 11.9 Å². The van der Waals surface area contributed by atoms with Crippen LogP contribution in [0, 0.1) is 0 Å². The van der Waals surface area contributed by atoms with Crippen LogP contribution in [-0.2, 0) is 21.4 Å². The Morgan fingerprint density at radius 2 is 0.974 bits per heavy atom. The average Bonchev–Trinajstić information content (AvgIpc) is 2.92. The van der Waals surface area contributed by atoms with Gasteiger partial charge in [0.15, 0.2) is 0 Å². The van der Waals surface area contributed by atoms with Crippen LogP contribution in [0.4, 0.5) is 0 Å². The zero-order chi connectivity index (χ0) is 26.9. The van der Waals surface area contributed by atoms with E-state index in [1.54, 1.807) is 13.8 Å². The van der Waals surface area contributed by atoms with Gasteiger partial charge in [0.25, 0.3) is 0 Å². The van der Waals surface area contributed by atoms with Crippen LogP contribution in [0.15, 0.2) is 121 Å². The van der Waals surface area contributed by atoms with Crippen molar-refractivity contribution in [3.05, 3.63) is 155 Å². The molecule has 0 radical (unpaired) electrons. The first-order chi connectivity index (χ1) is 18.3. The topological polar surface area (TPSA) is 52.6 Å². The lowest BCUT2D eigenvalue weighted by Gasteiger charge is -2.42. The zero-order valence-corrected chi connectivity index (χ0v) is 21.5. The monoisotopic (exact) mass is 500 g/mol. The summed E-state index contributed by atoms with van der Waals surface area (Å²) in [5.74, 6) is -0.00546. The van der Waals surface area contributed by atoms with Gasteiger partial charge in [0.05, 0.1) is 5.41 Å². The van der Waals surface area contributed by atoms with Crippen LogP contribution in [0.1, 0.15) is 47.2 Å². The summed E-state index contributed by atoms with van der Waals surface area (Å²) in [5.41, 5.74) is 6.93. The summed E-state index contributed by atoms with van der Waals surface area (Å²) >= 11 is 0. The highest BCUT2D eigenvalue weighted by Gasteiger charge is 2.43. The van der Waals surface area contributed by atoms with Crippen LogP contribution in [-0.4, -0.2) is 11.9 Å². The maximum absolute atomic E-state index is 12.1. The van der Waals surface area contributed by atoms with Crippen molar-refractivity contribution in [1.29, 1.82) is 0 Å². The van der Waals surface area contributed by atoms with E-state index in [4.69, 9.17) is 9.47 Å². The second-order valence-corrected chi connectivity index (χ2v) is 9.63. The van der Waals surface area contributed by atoms with E-state index in [2.05, 4.69) is 61.7 Å². The molecular weight excluding hydrogens is 472 g/mol. The molecule has 0 saturated heterocycles. The number of benzene rings is 4. The number of hydrogen-bond acceptors (Lipinski definition) is 4. The Balaban J connectivity index is 1.71. The largest absolute Gasteiger partial charge is 0.423 e. The molecule has 1 aliphatic rings. The first-order valence-electron chi connectivity index (χ1n) is 12.4. The summed E-state index contributed by atoms with van der Waals surface area (Å²) in [6.07, 6.45) is 0.830. The molecule has 0 heterocycles. The molecule has 4 aromatic rings. The van der Waals surface area contributed by atoms with Gasteiger partial charge >= 0.3 is 11.9 Å². The third-order valence-corrected chi connectivity index (χ3v) is 6.92. The lowest BCUT2D eigenvalue weighted by Crippen LogP contribution is -2.36. The molecule has 4 aromatic carbocycles. The molecule has 38 heavy (non-hydrogen) atoms. The number of rotatable bonds is 6. The molecule has 1 aliphatic carbocycles. The standard InChI is InChI=1S/C34H28O4/c1-22(2)32(35)37-28-17-13-26(14-18-28)34(27-15-19-29(20-16-27)38-33(36)23(3)4)30-11-7-5-9-24(30)21-25-10-6-8-12-31(25)34/h5-20H,1,3,21H2,2,4H3. The smallest absolute Gasteiger partial charge is 0.338 e. The van der Waals surface area contributed by atoms with Crippen molar-refractivity contribution in [2.75, 3.05) is 0 Å². The Labute approximate surface area is 222 Å². The van der Waals surface area contributed by atoms with Gasteiger partial charge < -0.3 is 9.47 Å². The van der Waals surface area contributed by atoms with Gasteiger partial charge in [-0.25, -0.2) is 9.59 Å². The van der Waals surface area contributed by atoms with E-state index in [0.717, 1.165) is 17.5 Å². The average molecular weight is 501 g/mol. The van der Waals surface area contributed by atoms with E-state index in [0.29, 0.717) is 22.6 Å². The van der Waals surface area contributed by atoms with E-state index >= 15 is 0 Å². The first kappa shape index (κ1) is 25.0. The summed E-state index contributed by atoms with van der Waals surface area (Å²) < 4.78 is 10.9. The second-order valence-electron chi connectivity index (χ2n) is 9.63. The predicted molar refractivity (Wildman–Crippen MR) is 148 cm³/mol. The van der Waals surface area contributed by atoms with Gasteiger partial charge in [0.1, 0.15) is 11.5 Å². The highest BCUT2D eigenvalue weighted by molar-refractivity contribution is 5.89. The van der Waals surface area contributed by atoms with Crippen molar-refractivity contribution in [3.8, 4) is 11.5 Å². The molecule has 0 N–H and O–H groups in total. The second kappa shape index (κ2) is 9.98. The van der Waals surface area contributed by atoms with E-state index < -0.39 is 17.4 Å². The molecule has 0 spiro atoms. The quantitative estimate of drug-likeness (QED) is 0.144. The summed E-state index contributed by atoms with van der Waals surface area (Å²) in [4.78, 5) is 24.2. The molecule has 4 heteroatoms. The number of ether oxygens (including phenoxy) is 2. The van der Waals surface area contributed by atoms with Crippen LogP contribution in [0.5, 0.6) is 11.5 Å². The zero-order valence-electron chi connectivity index (χ0n) is 21.5. The maximum Gasteiger partial charge on any atom is 0.338 e. The normalized spacial score (nSPS) is 13.0. The fourth-order valence-corrected chi connectivity index (χ4v) is 5.15. The molecule has 4 nitrogen and oxygen atoms in total. The first-order valence-corrected chi connectivity index (χ1v) is 12.4. The van der Waals surface area contributed by atoms with Crippen molar-refractivity contribution < 1.29 is 19.1 Å². The number of carbonyl (C=O) groups excluding carboxylic acids is 2. The Morgan fingerprint density at radius 3 is 1.34 bits per heavy atom. The Kier molecular flexibility index (Phi) is 6.56. The molecule has 0 fully saturated rings. The molecule has 0 unspecified atom stereocenters. The molecule has 0 amide bonds. The van der Waals surface area contributed by atoms with Gasteiger partial charge in [-0.05, 0) is 77.9 Å². The van der Waals surface area contributed by atoms with Crippen molar-refractivity contribution in [1.82, 2.24) is 0 Å². The van der Waals surface area contributed by atoms with Gasteiger partial charge in [0, 0.05) is 11.1 Å². The van der Waals surface area contributed by atoms with Crippen molar-refractivity contribution in [2.45, 2.75) is 25.7 Å². The Hall–Kier alpha value is -4.70.